The van der Waals surface area contributed by atoms with Gasteiger partial charge in [0.15, 0.2) is 5.65 Å². The predicted octanol–water partition coefficient (Wildman–Crippen LogP) is 3.53. The Labute approximate surface area is 252 Å². The van der Waals surface area contributed by atoms with Crippen LogP contribution < -0.4 is 16.4 Å². The third-order valence-electron chi connectivity index (χ3n) is 6.45. The van der Waals surface area contributed by atoms with Crippen molar-refractivity contribution in [2.75, 3.05) is 24.8 Å². The van der Waals surface area contributed by atoms with Gasteiger partial charge in [-0.2, -0.15) is 4.98 Å². The minimum absolute atomic E-state index is 0.0179. The van der Waals surface area contributed by atoms with Crippen LogP contribution in [0.15, 0.2) is 93.7 Å². The number of benzene rings is 2. The molecule has 0 atom stereocenters. The van der Waals surface area contributed by atoms with Gasteiger partial charge >= 0.3 is 0 Å². The van der Waals surface area contributed by atoms with E-state index in [1.165, 1.54) is 30.6 Å². The Morgan fingerprint density at radius 3 is 2.36 bits per heavy atom. The molecule has 0 saturated carbocycles. The lowest BCUT2D eigenvalue weighted by molar-refractivity contribution is 0.203. The highest BCUT2D eigenvalue weighted by molar-refractivity contribution is 7.98. The summed E-state index contributed by atoms with van der Waals surface area (Å²) in [5.74, 6) is -1.87. The average Bonchev–Trinajstić information content (AvgIpc) is 3.04. The van der Waals surface area contributed by atoms with Crippen molar-refractivity contribution >= 4 is 39.8 Å². The molecular formula is C30H25F2N7O4S. The summed E-state index contributed by atoms with van der Waals surface area (Å²) >= 11 is 1.57. The summed E-state index contributed by atoms with van der Waals surface area (Å²) in [6, 6.07) is 15.9. The molecule has 4 heterocycles. The van der Waals surface area contributed by atoms with Crippen LogP contribution >= 0.6 is 11.8 Å². The second kappa shape index (κ2) is 13.5. The number of fused-ring (bicyclic) bond motifs is 2. The predicted molar refractivity (Wildman–Crippen MR) is 164 cm³/mol. The molecule has 4 aromatic heterocycles. The summed E-state index contributed by atoms with van der Waals surface area (Å²) in [7, 11) is 0. The fourth-order valence-electron chi connectivity index (χ4n) is 4.29. The van der Waals surface area contributed by atoms with Crippen LogP contribution in [0.3, 0.4) is 0 Å². The first-order chi connectivity index (χ1) is 21.3. The molecular weight excluding hydrogens is 592 g/mol. The third kappa shape index (κ3) is 6.46. The molecule has 224 valence electrons. The van der Waals surface area contributed by atoms with Crippen molar-refractivity contribution in [1.82, 2.24) is 29.5 Å². The number of thioether (sulfide) groups is 1. The highest BCUT2D eigenvalue weighted by atomic mass is 32.2. The van der Waals surface area contributed by atoms with Gasteiger partial charge in [-0.1, -0.05) is 18.2 Å². The van der Waals surface area contributed by atoms with Crippen molar-refractivity contribution < 1.29 is 19.0 Å². The summed E-state index contributed by atoms with van der Waals surface area (Å²) < 4.78 is 30.1. The quantitative estimate of drug-likeness (QED) is 0.195. The summed E-state index contributed by atoms with van der Waals surface area (Å²) in [6.45, 7) is -0.807. The van der Waals surface area contributed by atoms with Crippen molar-refractivity contribution in [3.63, 3.8) is 0 Å². The molecule has 0 unspecified atom stereocenters. The van der Waals surface area contributed by atoms with Crippen molar-refractivity contribution in [2.45, 2.75) is 10.9 Å². The number of para-hydroxylation sites is 1. The molecule has 6 aromatic rings. The topological polar surface area (TPSA) is 159 Å². The first-order valence-electron chi connectivity index (χ1n) is 13.1. The Balaban J connectivity index is 0.000000291. The molecule has 0 bridgehead atoms. The van der Waals surface area contributed by atoms with E-state index in [0.717, 1.165) is 27.0 Å². The van der Waals surface area contributed by atoms with E-state index in [1.807, 2.05) is 30.5 Å². The van der Waals surface area contributed by atoms with Crippen LogP contribution in [0.1, 0.15) is 0 Å². The van der Waals surface area contributed by atoms with E-state index in [-0.39, 0.29) is 17.2 Å². The van der Waals surface area contributed by atoms with Crippen LogP contribution in [0.4, 0.5) is 14.7 Å². The van der Waals surface area contributed by atoms with Crippen molar-refractivity contribution in [1.29, 1.82) is 0 Å². The lowest BCUT2D eigenvalue weighted by Gasteiger charge is -2.17. The molecule has 44 heavy (non-hydrogen) atoms. The number of aliphatic hydroxyl groups excluding tert-OH is 2. The van der Waals surface area contributed by atoms with Gasteiger partial charge in [-0.05, 0) is 42.7 Å². The second-order valence-corrected chi connectivity index (χ2v) is 10.2. The van der Waals surface area contributed by atoms with Gasteiger partial charge < -0.3 is 20.5 Å². The third-order valence-corrected chi connectivity index (χ3v) is 7.19. The molecule has 0 aliphatic rings. The van der Waals surface area contributed by atoms with Gasteiger partial charge in [-0.15, -0.1) is 11.8 Å². The van der Waals surface area contributed by atoms with Crippen LogP contribution in [0, 0.1) is 11.6 Å². The fraction of sp³-hybridized carbons (Fsp3) is 0.133. The molecule has 0 saturated heterocycles. The van der Waals surface area contributed by atoms with Gasteiger partial charge in [0.05, 0.1) is 24.9 Å². The van der Waals surface area contributed by atoms with E-state index < -0.39 is 42.1 Å². The van der Waals surface area contributed by atoms with E-state index in [2.05, 4.69) is 30.2 Å². The zero-order valence-electron chi connectivity index (χ0n) is 23.1. The van der Waals surface area contributed by atoms with Gasteiger partial charge in [-0.3, -0.25) is 14.2 Å². The number of nitrogens with one attached hydrogen (secondary N) is 2. The smallest absolute Gasteiger partial charge is 0.256 e. The lowest BCUT2D eigenvalue weighted by atomic mass is 10.1. The maximum absolute atomic E-state index is 14.6. The number of rotatable bonds is 7. The molecule has 14 heteroatoms. The van der Waals surface area contributed by atoms with E-state index in [9.17, 15) is 28.6 Å². The Morgan fingerprint density at radius 1 is 0.955 bits per heavy atom. The Hall–Kier alpha value is -5.05. The average molecular weight is 618 g/mol. The molecule has 0 aliphatic heterocycles. The molecule has 0 spiro atoms. The largest absolute Gasteiger partial charge is 0.394 e. The molecule has 0 aliphatic carbocycles. The number of pyridine rings is 2. The van der Waals surface area contributed by atoms with Crippen LogP contribution in [0.2, 0.25) is 0 Å². The Bertz CT molecular complexity index is 2030. The fourth-order valence-corrected chi connectivity index (χ4v) is 4.70. The number of nitrogens with zero attached hydrogens (tertiary/aromatic N) is 5. The zero-order chi connectivity index (χ0) is 31.2. The molecule has 0 fully saturated rings. The van der Waals surface area contributed by atoms with E-state index in [1.54, 1.807) is 24.0 Å². The summed E-state index contributed by atoms with van der Waals surface area (Å²) in [5, 5.41) is 23.0. The number of hydrogen-bond donors (Lipinski definition) is 4. The van der Waals surface area contributed by atoms with E-state index in [0.29, 0.717) is 22.3 Å². The van der Waals surface area contributed by atoms with Crippen molar-refractivity contribution in [2.24, 2.45) is 0 Å². The first kappa shape index (κ1) is 30.4. The molecule has 0 amide bonds. The normalized spacial score (nSPS) is 11.0. The number of anilines is 1. The SMILES string of the molecule is CSc1ccc(-c2nc(NC(CO)CO)nc3c2ccc(=O)n3-c2c(F)cccc2F)cc1.O=c1ccc2cncnc2[nH]1. The van der Waals surface area contributed by atoms with Crippen LogP contribution in [0.25, 0.3) is 39.0 Å². The van der Waals surface area contributed by atoms with Gasteiger partial charge in [0, 0.05) is 39.6 Å². The molecule has 11 nitrogen and oxygen atoms in total. The Morgan fingerprint density at radius 2 is 1.68 bits per heavy atom. The molecule has 4 N–H and O–H groups in total. The second-order valence-electron chi connectivity index (χ2n) is 9.29. The Kier molecular flexibility index (Phi) is 9.33. The minimum atomic E-state index is -0.924. The number of H-pyrrole nitrogens is 1. The van der Waals surface area contributed by atoms with Crippen LogP contribution in [0.5, 0.6) is 0 Å². The minimum Gasteiger partial charge on any atom is -0.394 e. The number of hydrogen-bond acceptors (Lipinski definition) is 10. The number of aliphatic hydroxyl groups is 2. The van der Waals surface area contributed by atoms with E-state index >= 15 is 0 Å². The van der Waals surface area contributed by atoms with Crippen LogP contribution in [-0.2, 0) is 0 Å². The van der Waals surface area contributed by atoms with Crippen LogP contribution in [-0.4, -0.2) is 65.2 Å². The van der Waals surface area contributed by atoms with Gasteiger partial charge in [-0.25, -0.2) is 23.7 Å². The number of halogens is 2. The van der Waals surface area contributed by atoms with Gasteiger partial charge in [0.1, 0.15) is 29.3 Å². The highest BCUT2D eigenvalue weighted by Crippen LogP contribution is 2.30. The zero-order valence-corrected chi connectivity index (χ0v) is 23.9. The van der Waals surface area contributed by atoms with Crippen molar-refractivity contribution in [3.8, 4) is 16.9 Å². The summed E-state index contributed by atoms with van der Waals surface area (Å²) in [4.78, 5) is 43.7. The number of aromatic amines is 1. The summed E-state index contributed by atoms with van der Waals surface area (Å²) in [5.41, 5.74) is 0.275. The van der Waals surface area contributed by atoms with E-state index in [4.69, 9.17) is 0 Å². The monoisotopic (exact) mass is 617 g/mol. The lowest BCUT2D eigenvalue weighted by Crippen LogP contribution is -2.29. The van der Waals surface area contributed by atoms with Gasteiger partial charge in [0.2, 0.25) is 11.5 Å². The van der Waals surface area contributed by atoms with Gasteiger partial charge in [0.25, 0.3) is 5.56 Å². The molecule has 6 rings (SSSR count). The highest BCUT2D eigenvalue weighted by Gasteiger charge is 2.20. The summed E-state index contributed by atoms with van der Waals surface area (Å²) in [6.07, 6.45) is 5.00. The molecule has 0 radical (unpaired) electrons. The molecule has 2 aromatic carbocycles. The number of aromatic nitrogens is 6. The first-order valence-corrected chi connectivity index (χ1v) is 14.3. The maximum Gasteiger partial charge on any atom is 0.256 e. The van der Waals surface area contributed by atoms with Crippen molar-refractivity contribution in [3.05, 3.63) is 112 Å². The maximum atomic E-state index is 14.6. The standard InChI is InChI=1S/C23H20F2N4O3S.C7H5N3O/c1-33-15-7-5-13(6-8-15)20-16-9-10-19(32)29(21-17(24)3-2-4-18(21)25)22(16)28-23(27-20)26-14(11-30)12-31;11-6-2-1-5-3-8-4-9-7(5)10-6/h2-10,14,30-31H,11-12H2,1H3,(H,26,27,28);1-4H,(H,8,9,10,11).